The zero-order valence-electron chi connectivity index (χ0n) is 9.63. The first kappa shape index (κ1) is 12.0. The molecule has 2 aliphatic carbocycles. The summed E-state index contributed by atoms with van der Waals surface area (Å²) in [6, 6.07) is 2.04. The highest BCUT2D eigenvalue weighted by atomic mass is 79.9. The molecule has 0 amide bonds. The molecule has 0 aliphatic heterocycles. The van der Waals surface area contributed by atoms with Crippen molar-refractivity contribution >= 4 is 37.7 Å². The third-order valence-corrected chi connectivity index (χ3v) is 4.81. The molecule has 17 heavy (non-hydrogen) atoms. The van der Waals surface area contributed by atoms with Crippen LogP contribution in [0.25, 0.3) is 0 Å². The highest BCUT2D eigenvalue weighted by Gasteiger charge is 2.41. The predicted octanol–water partition coefficient (Wildman–Crippen LogP) is 4.45. The van der Waals surface area contributed by atoms with Gasteiger partial charge in [0.25, 0.3) is 0 Å². The van der Waals surface area contributed by atoms with Crippen molar-refractivity contribution in [1.29, 1.82) is 0 Å². The fourth-order valence-electron chi connectivity index (χ4n) is 2.53. The fourth-order valence-corrected chi connectivity index (χ4v) is 3.65. The van der Waals surface area contributed by atoms with Crippen LogP contribution < -0.4 is 5.32 Å². The van der Waals surface area contributed by atoms with E-state index in [2.05, 4.69) is 42.2 Å². The van der Waals surface area contributed by atoms with Crippen LogP contribution in [-0.4, -0.2) is 11.5 Å². The van der Waals surface area contributed by atoms with Gasteiger partial charge in [0.15, 0.2) is 0 Å². The first-order valence-electron chi connectivity index (χ1n) is 6.29. The van der Waals surface area contributed by atoms with Crippen molar-refractivity contribution in [2.45, 2.75) is 25.7 Å². The molecule has 2 aliphatic rings. The zero-order chi connectivity index (χ0) is 11.8. The van der Waals surface area contributed by atoms with E-state index in [-0.39, 0.29) is 0 Å². The van der Waals surface area contributed by atoms with Gasteiger partial charge in [-0.3, -0.25) is 0 Å². The molecule has 0 bridgehead atoms. The average molecular weight is 360 g/mol. The minimum Gasteiger partial charge on any atom is -0.369 e. The van der Waals surface area contributed by atoms with Crippen molar-refractivity contribution in [3.05, 3.63) is 21.2 Å². The molecule has 1 heterocycles. The summed E-state index contributed by atoms with van der Waals surface area (Å²) in [7, 11) is 0. The molecule has 0 aromatic carbocycles. The maximum Gasteiger partial charge on any atom is 0.140 e. The minimum atomic E-state index is 0.882. The zero-order valence-corrected chi connectivity index (χ0v) is 12.8. The lowest BCUT2D eigenvalue weighted by atomic mass is 9.98. The third kappa shape index (κ3) is 3.02. The van der Waals surface area contributed by atoms with E-state index in [1.165, 1.54) is 25.7 Å². The van der Waals surface area contributed by atoms with Crippen LogP contribution in [0.15, 0.2) is 21.2 Å². The molecule has 0 radical (unpaired) electrons. The highest BCUT2D eigenvalue weighted by molar-refractivity contribution is 9.11. The molecule has 2 nitrogen and oxygen atoms in total. The standard InChI is InChI=1S/C13H16Br2N2/c14-10-5-12(15)13(16-6-10)17-7-11(8-1-2-8)9-3-4-9/h5-6,8-9,11H,1-4,7H2,(H,16,17). The van der Waals surface area contributed by atoms with Crippen molar-refractivity contribution in [3.8, 4) is 0 Å². The van der Waals surface area contributed by atoms with Crippen LogP contribution in [0.1, 0.15) is 25.7 Å². The average Bonchev–Trinajstić information content (AvgIpc) is 3.15. The molecule has 92 valence electrons. The van der Waals surface area contributed by atoms with Crippen molar-refractivity contribution < 1.29 is 0 Å². The Morgan fingerprint density at radius 3 is 2.41 bits per heavy atom. The van der Waals surface area contributed by atoms with Gasteiger partial charge in [-0.25, -0.2) is 4.98 Å². The number of pyridine rings is 1. The monoisotopic (exact) mass is 358 g/mol. The summed E-state index contributed by atoms with van der Waals surface area (Å²) in [6.45, 7) is 1.09. The second-order valence-electron chi connectivity index (χ2n) is 5.20. The van der Waals surface area contributed by atoms with Gasteiger partial charge in [0.1, 0.15) is 5.82 Å². The first-order chi connectivity index (χ1) is 8.24. The molecule has 4 heteroatoms. The Balaban J connectivity index is 1.62. The molecule has 2 saturated carbocycles. The molecular weight excluding hydrogens is 344 g/mol. The number of aromatic nitrogens is 1. The molecule has 0 spiro atoms. The van der Waals surface area contributed by atoms with Crippen LogP contribution in [0.4, 0.5) is 5.82 Å². The molecule has 1 aromatic heterocycles. The number of anilines is 1. The Labute approximate surface area is 119 Å². The number of nitrogens with one attached hydrogen (secondary N) is 1. The van der Waals surface area contributed by atoms with E-state index in [1.54, 1.807) is 0 Å². The molecular formula is C13H16Br2N2. The van der Waals surface area contributed by atoms with Gasteiger partial charge in [0, 0.05) is 17.2 Å². The highest BCUT2D eigenvalue weighted by Crippen LogP contribution is 2.49. The van der Waals surface area contributed by atoms with Crippen LogP contribution in [0.2, 0.25) is 0 Å². The number of hydrogen-bond acceptors (Lipinski definition) is 2. The van der Waals surface area contributed by atoms with Gasteiger partial charge in [-0.2, -0.15) is 0 Å². The minimum absolute atomic E-state index is 0.882. The van der Waals surface area contributed by atoms with Crippen LogP contribution in [-0.2, 0) is 0 Å². The summed E-state index contributed by atoms with van der Waals surface area (Å²) in [5, 5.41) is 3.50. The summed E-state index contributed by atoms with van der Waals surface area (Å²) in [6.07, 6.45) is 7.61. The molecule has 3 rings (SSSR count). The quantitative estimate of drug-likeness (QED) is 0.839. The summed E-state index contributed by atoms with van der Waals surface area (Å²) in [5.74, 6) is 3.83. The van der Waals surface area contributed by atoms with E-state index in [9.17, 15) is 0 Å². The van der Waals surface area contributed by atoms with Crippen molar-refractivity contribution in [2.75, 3.05) is 11.9 Å². The van der Waals surface area contributed by atoms with Gasteiger partial charge in [-0.05, 0) is 81.4 Å². The van der Waals surface area contributed by atoms with E-state index < -0.39 is 0 Å². The molecule has 0 unspecified atom stereocenters. The van der Waals surface area contributed by atoms with E-state index in [4.69, 9.17) is 0 Å². The van der Waals surface area contributed by atoms with E-state index in [1.807, 2.05) is 12.3 Å². The van der Waals surface area contributed by atoms with Crippen molar-refractivity contribution in [1.82, 2.24) is 4.98 Å². The van der Waals surface area contributed by atoms with Crippen LogP contribution in [0, 0.1) is 17.8 Å². The predicted molar refractivity (Wildman–Crippen MR) is 77.1 cm³/mol. The Bertz CT molecular complexity index is 402. The van der Waals surface area contributed by atoms with E-state index in [0.29, 0.717) is 0 Å². The van der Waals surface area contributed by atoms with Gasteiger partial charge in [-0.15, -0.1) is 0 Å². The van der Waals surface area contributed by atoms with Gasteiger partial charge in [0.2, 0.25) is 0 Å². The molecule has 0 atom stereocenters. The van der Waals surface area contributed by atoms with Crippen LogP contribution in [0.3, 0.4) is 0 Å². The molecule has 0 saturated heterocycles. The second kappa shape index (κ2) is 4.88. The normalized spacial score (nSPS) is 19.7. The molecule has 2 fully saturated rings. The summed E-state index contributed by atoms with van der Waals surface area (Å²) >= 11 is 6.97. The third-order valence-electron chi connectivity index (χ3n) is 3.77. The lowest BCUT2D eigenvalue weighted by molar-refractivity contribution is 0.427. The first-order valence-corrected chi connectivity index (χ1v) is 7.87. The summed E-state index contributed by atoms with van der Waals surface area (Å²) in [5.41, 5.74) is 0. The number of nitrogens with zero attached hydrogens (tertiary/aromatic N) is 1. The number of halogens is 2. The topological polar surface area (TPSA) is 24.9 Å². The van der Waals surface area contributed by atoms with Gasteiger partial charge in [0.05, 0.1) is 4.47 Å². The number of rotatable bonds is 5. The smallest absolute Gasteiger partial charge is 0.140 e. The second-order valence-corrected chi connectivity index (χ2v) is 6.97. The van der Waals surface area contributed by atoms with Crippen LogP contribution >= 0.6 is 31.9 Å². The van der Waals surface area contributed by atoms with Crippen molar-refractivity contribution in [3.63, 3.8) is 0 Å². The summed E-state index contributed by atoms with van der Waals surface area (Å²) < 4.78 is 2.05. The Hall–Kier alpha value is -0.0900. The van der Waals surface area contributed by atoms with Gasteiger partial charge in [-0.1, -0.05) is 0 Å². The van der Waals surface area contributed by atoms with Crippen LogP contribution in [0.5, 0.6) is 0 Å². The van der Waals surface area contributed by atoms with Crippen molar-refractivity contribution in [2.24, 2.45) is 17.8 Å². The maximum atomic E-state index is 4.40. The van der Waals surface area contributed by atoms with Gasteiger partial charge >= 0.3 is 0 Å². The van der Waals surface area contributed by atoms with E-state index >= 15 is 0 Å². The van der Waals surface area contributed by atoms with Gasteiger partial charge < -0.3 is 5.32 Å². The SMILES string of the molecule is Brc1cnc(NCC(C2CC2)C2CC2)c(Br)c1. The Morgan fingerprint density at radius 1 is 1.24 bits per heavy atom. The largest absolute Gasteiger partial charge is 0.369 e. The fraction of sp³-hybridized carbons (Fsp3) is 0.615. The maximum absolute atomic E-state index is 4.40. The molecule has 1 aromatic rings. The Morgan fingerprint density at radius 2 is 1.88 bits per heavy atom. The number of hydrogen-bond donors (Lipinski definition) is 1. The summed E-state index contributed by atoms with van der Waals surface area (Å²) in [4.78, 5) is 4.40. The lowest BCUT2D eigenvalue weighted by Gasteiger charge is -2.17. The van der Waals surface area contributed by atoms with E-state index in [0.717, 1.165) is 39.1 Å². The Kier molecular flexibility index (Phi) is 3.44. The lowest BCUT2D eigenvalue weighted by Crippen LogP contribution is -2.19. The molecule has 1 N–H and O–H groups in total.